The molecule has 0 radical (unpaired) electrons. The van der Waals surface area contributed by atoms with Crippen molar-refractivity contribution in [1.82, 2.24) is 10.2 Å². The highest BCUT2D eigenvalue weighted by molar-refractivity contribution is 7.92. The highest BCUT2D eigenvalue weighted by Crippen LogP contribution is 2.31. The van der Waals surface area contributed by atoms with Gasteiger partial charge in [0.2, 0.25) is 21.8 Å². The number of rotatable bonds is 10. The third-order valence-electron chi connectivity index (χ3n) is 5.32. The number of hydrogen-bond donors (Lipinski definition) is 1. The molecule has 0 saturated carbocycles. The Bertz CT molecular complexity index is 1130. The molecule has 0 saturated heterocycles. The SMILES string of the molecule is COc1ccc(C)cc1N(CC(=O)N(Cc1cccc(C)c1)[C@H](C)C(=O)NC(C)C)S(C)(=O)=O. The summed E-state index contributed by atoms with van der Waals surface area (Å²) in [4.78, 5) is 27.8. The van der Waals surface area contributed by atoms with E-state index in [2.05, 4.69) is 5.32 Å². The first kappa shape index (κ1) is 27.2. The van der Waals surface area contributed by atoms with Crippen LogP contribution in [0.2, 0.25) is 0 Å². The zero-order chi connectivity index (χ0) is 25.6. The second-order valence-electron chi connectivity index (χ2n) is 8.79. The van der Waals surface area contributed by atoms with Crippen LogP contribution in [0.25, 0.3) is 0 Å². The number of carbonyl (C=O) groups excluding carboxylic acids is 2. The molecule has 0 unspecified atom stereocenters. The van der Waals surface area contributed by atoms with Crippen LogP contribution in [-0.4, -0.2) is 57.1 Å². The van der Waals surface area contributed by atoms with Gasteiger partial charge in [0, 0.05) is 12.6 Å². The molecule has 0 fully saturated rings. The van der Waals surface area contributed by atoms with Gasteiger partial charge in [-0.05, 0) is 57.9 Å². The lowest BCUT2D eigenvalue weighted by molar-refractivity contribution is -0.139. The Kier molecular flexibility index (Phi) is 9.09. The first-order valence-electron chi connectivity index (χ1n) is 11.1. The van der Waals surface area contributed by atoms with Crippen LogP contribution in [0.3, 0.4) is 0 Å². The molecule has 0 heterocycles. The van der Waals surface area contributed by atoms with E-state index in [0.717, 1.165) is 27.3 Å². The molecule has 2 aromatic rings. The third kappa shape index (κ3) is 7.21. The van der Waals surface area contributed by atoms with Crippen molar-refractivity contribution in [3.63, 3.8) is 0 Å². The Hall–Kier alpha value is -3.07. The van der Waals surface area contributed by atoms with E-state index in [-0.39, 0.29) is 24.2 Å². The highest BCUT2D eigenvalue weighted by atomic mass is 32.2. The monoisotopic (exact) mass is 489 g/mol. The number of nitrogens with zero attached hydrogens (tertiary/aromatic N) is 2. The molecule has 34 heavy (non-hydrogen) atoms. The van der Waals surface area contributed by atoms with E-state index >= 15 is 0 Å². The van der Waals surface area contributed by atoms with Gasteiger partial charge in [-0.2, -0.15) is 0 Å². The number of sulfonamides is 1. The summed E-state index contributed by atoms with van der Waals surface area (Å²) in [5, 5.41) is 2.83. The van der Waals surface area contributed by atoms with Crippen molar-refractivity contribution in [2.45, 2.75) is 53.2 Å². The topological polar surface area (TPSA) is 96.0 Å². The molecular formula is C25H35N3O5S. The van der Waals surface area contributed by atoms with Gasteiger partial charge in [-0.15, -0.1) is 0 Å². The normalized spacial score (nSPS) is 12.2. The maximum Gasteiger partial charge on any atom is 0.244 e. The van der Waals surface area contributed by atoms with Crippen molar-refractivity contribution in [2.75, 3.05) is 24.2 Å². The number of nitrogens with one attached hydrogen (secondary N) is 1. The Morgan fingerprint density at radius 1 is 1.03 bits per heavy atom. The third-order valence-corrected chi connectivity index (χ3v) is 6.44. The molecule has 1 atom stereocenters. The number of amides is 2. The molecule has 0 aliphatic carbocycles. The van der Waals surface area contributed by atoms with Crippen LogP contribution in [0, 0.1) is 13.8 Å². The van der Waals surface area contributed by atoms with E-state index in [4.69, 9.17) is 4.74 Å². The van der Waals surface area contributed by atoms with E-state index < -0.39 is 28.5 Å². The summed E-state index contributed by atoms with van der Waals surface area (Å²) in [7, 11) is -2.39. The number of aryl methyl sites for hydroxylation is 2. The van der Waals surface area contributed by atoms with Crippen LogP contribution >= 0.6 is 0 Å². The molecule has 2 amide bonds. The van der Waals surface area contributed by atoms with Crippen LogP contribution in [0.5, 0.6) is 5.75 Å². The Morgan fingerprint density at radius 3 is 2.24 bits per heavy atom. The van der Waals surface area contributed by atoms with Crippen LogP contribution in [0.15, 0.2) is 42.5 Å². The largest absolute Gasteiger partial charge is 0.495 e. The van der Waals surface area contributed by atoms with Crippen LogP contribution in [0.1, 0.15) is 37.5 Å². The standard InChI is InChI=1S/C25H35N3O5S/c1-17(2)26-25(30)20(5)27(15-21-10-8-9-18(3)13-21)24(29)16-28(34(7,31)32)22-14-19(4)11-12-23(22)33-6/h8-14,17,20H,15-16H2,1-7H3,(H,26,30)/t20-/m1/s1. The number of carbonyl (C=O) groups is 2. The first-order valence-corrected chi connectivity index (χ1v) is 13.0. The molecule has 0 aliphatic rings. The van der Waals surface area contributed by atoms with E-state index in [1.54, 1.807) is 25.1 Å². The maximum absolute atomic E-state index is 13.6. The first-order chi connectivity index (χ1) is 15.8. The number of anilines is 1. The lowest BCUT2D eigenvalue weighted by atomic mass is 10.1. The van der Waals surface area contributed by atoms with Crippen LogP contribution in [0.4, 0.5) is 5.69 Å². The van der Waals surface area contributed by atoms with Crippen molar-refractivity contribution in [1.29, 1.82) is 0 Å². The summed E-state index contributed by atoms with van der Waals surface area (Å²) in [5.41, 5.74) is 2.95. The summed E-state index contributed by atoms with van der Waals surface area (Å²) < 4.78 is 31.9. The Balaban J connectivity index is 2.47. The van der Waals surface area contributed by atoms with Crippen molar-refractivity contribution in [3.8, 4) is 5.75 Å². The predicted molar refractivity (Wildman–Crippen MR) is 134 cm³/mol. The zero-order valence-electron chi connectivity index (χ0n) is 21.0. The minimum absolute atomic E-state index is 0.102. The average Bonchev–Trinajstić information content (AvgIpc) is 2.74. The van der Waals surface area contributed by atoms with Crippen molar-refractivity contribution < 1.29 is 22.7 Å². The molecule has 8 nitrogen and oxygen atoms in total. The van der Waals surface area contributed by atoms with Gasteiger partial charge >= 0.3 is 0 Å². The number of methoxy groups -OCH3 is 1. The lowest BCUT2D eigenvalue weighted by Gasteiger charge is -2.32. The highest BCUT2D eigenvalue weighted by Gasteiger charge is 2.31. The van der Waals surface area contributed by atoms with Gasteiger partial charge in [0.15, 0.2) is 0 Å². The average molecular weight is 490 g/mol. The fraction of sp³-hybridized carbons (Fsp3) is 0.440. The minimum Gasteiger partial charge on any atom is -0.495 e. The van der Waals surface area contributed by atoms with Crippen LogP contribution < -0.4 is 14.4 Å². The zero-order valence-corrected chi connectivity index (χ0v) is 21.8. The molecule has 1 N–H and O–H groups in total. The molecular weight excluding hydrogens is 454 g/mol. The molecule has 2 rings (SSSR count). The van der Waals surface area contributed by atoms with Gasteiger partial charge in [0.25, 0.3) is 0 Å². The van der Waals surface area contributed by atoms with Crippen molar-refractivity contribution >= 4 is 27.5 Å². The predicted octanol–water partition coefficient (Wildman–Crippen LogP) is 3.02. The van der Waals surface area contributed by atoms with E-state index in [0.29, 0.717) is 5.75 Å². The summed E-state index contributed by atoms with van der Waals surface area (Å²) in [5.74, 6) is -0.475. The molecule has 186 valence electrons. The van der Waals surface area contributed by atoms with Crippen molar-refractivity contribution in [2.24, 2.45) is 0 Å². The molecule has 2 aromatic carbocycles. The molecule has 0 bridgehead atoms. The van der Waals surface area contributed by atoms with Gasteiger partial charge in [0.05, 0.1) is 19.1 Å². The maximum atomic E-state index is 13.6. The number of benzene rings is 2. The Labute approximate surface area is 202 Å². The van der Waals surface area contributed by atoms with Gasteiger partial charge in [0.1, 0.15) is 18.3 Å². The minimum atomic E-state index is -3.84. The number of ether oxygens (including phenoxy) is 1. The Morgan fingerprint density at radius 2 is 1.68 bits per heavy atom. The quantitative estimate of drug-likeness (QED) is 0.554. The van der Waals surface area contributed by atoms with Gasteiger partial charge in [-0.1, -0.05) is 35.9 Å². The van der Waals surface area contributed by atoms with Crippen molar-refractivity contribution in [3.05, 3.63) is 59.2 Å². The second-order valence-corrected chi connectivity index (χ2v) is 10.7. The molecule has 0 aromatic heterocycles. The fourth-order valence-electron chi connectivity index (χ4n) is 3.58. The van der Waals surface area contributed by atoms with Crippen LogP contribution in [-0.2, 0) is 26.2 Å². The summed E-state index contributed by atoms with van der Waals surface area (Å²) in [6.07, 6.45) is 1.04. The smallest absolute Gasteiger partial charge is 0.244 e. The fourth-order valence-corrected chi connectivity index (χ4v) is 4.43. The summed E-state index contributed by atoms with van der Waals surface area (Å²) in [6, 6.07) is 11.8. The van der Waals surface area contributed by atoms with E-state index in [9.17, 15) is 18.0 Å². The molecule has 0 aliphatic heterocycles. The lowest BCUT2D eigenvalue weighted by Crippen LogP contribution is -2.52. The molecule has 9 heteroatoms. The second kappa shape index (κ2) is 11.4. The van der Waals surface area contributed by atoms with E-state index in [1.807, 2.05) is 52.0 Å². The van der Waals surface area contributed by atoms with Gasteiger partial charge in [-0.25, -0.2) is 8.42 Å². The van der Waals surface area contributed by atoms with Gasteiger partial charge < -0.3 is 15.0 Å². The summed E-state index contributed by atoms with van der Waals surface area (Å²) >= 11 is 0. The molecule has 0 spiro atoms. The van der Waals surface area contributed by atoms with E-state index in [1.165, 1.54) is 12.0 Å². The number of hydrogen-bond acceptors (Lipinski definition) is 5. The van der Waals surface area contributed by atoms with Gasteiger partial charge in [-0.3, -0.25) is 13.9 Å². The summed E-state index contributed by atoms with van der Waals surface area (Å²) in [6.45, 7) is 8.79.